The van der Waals surface area contributed by atoms with Crippen molar-refractivity contribution in [2.24, 2.45) is 0 Å². The Labute approximate surface area is 112 Å². The van der Waals surface area contributed by atoms with Gasteiger partial charge in [-0.3, -0.25) is 4.79 Å². The van der Waals surface area contributed by atoms with Gasteiger partial charge in [-0.1, -0.05) is 19.1 Å². The fraction of sp³-hybridized carbons (Fsp3) is 0.500. The van der Waals surface area contributed by atoms with E-state index in [1.165, 1.54) is 12.1 Å². The Bertz CT molecular complexity index is 424. The molecule has 19 heavy (non-hydrogen) atoms. The molecule has 0 amide bonds. The number of carbonyl (C=O) groups excluding carboxylic acids is 1. The van der Waals surface area contributed by atoms with Gasteiger partial charge in [0.2, 0.25) is 0 Å². The van der Waals surface area contributed by atoms with E-state index in [0.717, 1.165) is 12.5 Å². The molecule has 1 aromatic carbocycles. The summed E-state index contributed by atoms with van der Waals surface area (Å²) in [7, 11) is 0. The van der Waals surface area contributed by atoms with Crippen LogP contribution in [0, 0.1) is 11.6 Å². The van der Waals surface area contributed by atoms with Crippen molar-refractivity contribution in [3.05, 3.63) is 35.4 Å². The van der Waals surface area contributed by atoms with Crippen LogP contribution in [0.2, 0.25) is 0 Å². The smallest absolute Gasteiger partial charge is 0.307 e. The van der Waals surface area contributed by atoms with Crippen molar-refractivity contribution in [3.63, 3.8) is 0 Å². The SMILES string of the molecule is CCCNC(CC(=O)OCC)c1cccc(F)c1F. The van der Waals surface area contributed by atoms with Crippen LogP contribution in [0.1, 0.15) is 38.3 Å². The van der Waals surface area contributed by atoms with Crippen molar-refractivity contribution in [2.45, 2.75) is 32.7 Å². The summed E-state index contributed by atoms with van der Waals surface area (Å²) in [6.45, 7) is 4.54. The molecule has 0 spiro atoms. The second kappa shape index (κ2) is 7.84. The number of nitrogens with one attached hydrogen (secondary N) is 1. The van der Waals surface area contributed by atoms with E-state index in [-0.39, 0.29) is 18.6 Å². The zero-order valence-electron chi connectivity index (χ0n) is 11.2. The first-order valence-electron chi connectivity index (χ1n) is 6.43. The number of hydrogen-bond donors (Lipinski definition) is 1. The lowest BCUT2D eigenvalue weighted by molar-refractivity contribution is -0.143. The number of hydrogen-bond acceptors (Lipinski definition) is 3. The van der Waals surface area contributed by atoms with Gasteiger partial charge in [0.15, 0.2) is 11.6 Å². The molecule has 1 N–H and O–H groups in total. The molecular weight excluding hydrogens is 252 g/mol. The van der Waals surface area contributed by atoms with Gasteiger partial charge >= 0.3 is 5.97 Å². The first kappa shape index (κ1) is 15.6. The highest BCUT2D eigenvalue weighted by Gasteiger charge is 2.21. The zero-order valence-corrected chi connectivity index (χ0v) is 11.2. The largest absolute Gasteiger partial charge is 0.466 e. The van der Waals surface area contributed by atoms with Gasteiger partial charge in [-0.05, 0) is 26.0 Å². The van der Waals surface area contributed by atoms with Crippen LogP contribution >= 0.6 is 0 Å². The summed E-state index contributed by atoms with van der Waals surface area (Å²) < 4.78 is 31.8. The molecule has 0 aliphatic heterocycles. The highest BCUT2D eigenvalue weighted by atomic mass is 19.2. The van der Waals surface area contributed by atoms with Gasteiger partial charge in [0.05, 0.1) is 13.0 Å². The lowest BCUT2D eigenvalue weighted by Gasteiger charge is -2.18. The van der Waals surface area contributed by atoms with Gasteiger partial charge in [0, 0.05) is 11.6 Å². The normalized spacial score (nSPS) is 12.2. The summed E-state index contributed by atoms with van der Waals surface area (Å²) in [4.78, 5) is 11.5. The lowest BCUT2D eigenvalue weighted by atomic mass is 10.0. The Morgan fingerprint density at radius 3 is 2.74 bits per heavy atom. The van der Waals surface area contributed by atoms with Gasteiger partial charge in [0.25, 0.3) is 0 Å². The summed E-state index contributed by atoms with van der Waals surface area (Å²) in [5.41, 5.74) is 0.154. The zero-order chi connectivity index (χ0) is 14.3. The molecule has 1 unspecified atom stereocenters. The number of carbonyl (C=O) groups is 1. The molecule has 0 heterocycles. The molecule has 0 radical (unpaired) electrons. The highest BCUT2D eigenvalue weighted by molar-refractivity contribution is 5.70. The summed E-state index contributed by atoms with van der Waals surface area (Å²) in [5.74, 6) is -2.26. The Hall–Kier alpha value is -1.49. The molecule has 0 aromatic heterocycles. The van der Waals surface area contributed by atoms with E-state index in [4.69, 9.17) is 4.74 Å². The maximum absolute atomic E-state index is 13.7. The second-order valence-corrected chi connectivity index (χ2v) is 4.16. The molecule has 0 saturated heterocycles. The van der Waals surface area contributed by atoms with Gasteiger partial charge in [0.1, 0.15) is 0 Å². The van der Waals surface area contributed by atoms with Crippen molar-refractivity contribution in [1.82, 2.24) is 5.32 Å². The summed E-state index contributed by atoms with van der Waals surface area (Å²) in [5, 5.41) is 3.04. The van der Waals surface area contributed by atoms with Crippen LogP contribution in [-0.4, -0.2) is 19.1 Å². The van der Waals surface area contributed by atoms with Gasteiger partial charge < -0.3 is 10.1 Å². The van der Waals surface area contributed by atoms with Crippen LogP contribution in [0.25, 0.3) is 0 Å². The molecule has 3 nitrogen and oxygen atoms in total. The molecular formula is C14H19F2NO2. The van der Waals surface area contributed by atoms with Gasteiger partial charge in [-0.25, -0.2) is 8.78 Å². The first-order chi connectivity index (χ1) is 9.10. The lowest BCUT2D eigenvalue weighted by Crippen LogP contribution is -2.26. The van der Waals surface area contributed by atoms with E-state index in [9.17, 15) is 13.6 Å². The van der Waals surface area contributed by atoms with E-state index in [1.807, 2.05) is 6.92 Å². The molecule has 1 rings (SSSR count). The second-order valence-electron chi connectivity index (χ2n) is 4.16. The number of halogens is 2. The molecule has 5 heteroatoms. The molecule has 0 saturated carbocycles. The number of ether oxygens (including phenoxy) is 1. The minimum Gasteiger partial charge on any atom is -0.466 e. The Balaban J connectivity index is 2.89. The summed E-state index contributed by atoms with van der Waals surface area (Å²) >= 11 is 0. The third-order valence-electron chi connectivity index (χ3n) is 2.67. The number of rotatable bonds is 7. The Morgan fingerprint density at radius 2 is 2.11 bits per heavy atom. The molecule has 106 valence electrons. The van der Waals surface area contributed by atoms with Crippen LogP contribution in [0.15, 0.2) is 18.2 Å². The number of benzene rings is 1. The summed E-state index contributed by atoms with van der Waals surface area (Å²) in [6, 6.07) is 3.39. The molecule has 1 atom stereocenters. The Kier molecular flexibility index (Phi) is 6.42. The van der Waals surface area contributed by atoms with Gasteiger partial charge in [-0.15, -0.1) is 0 Å². The standard InChI is InChI=1S/C14H19F2NO2/c1-3-8-17-12(9-13(18)19-4-2)10-6-5-7-11(15)14(10)16/h5-7,12,17H,3-4,8-9H2,1-2H3. The maximum Gasteiger partial charge on any atom is 0.307 e. The van der Waals surface area contributed by atoms with Crippen LogP contribution < -0.4 is 5.32 Å². The van der Waals surface area contributed by atoms with E-state index < -0.39 is 23.6 Å². The fourth-order valence-corrected chi connectivity index (χ4v) is 1.79. The predicted molar refractivity (Wildman–Crippen MR) is 68.6 cm³/mol. The van der Waals surface area contributed by atoms with Crippen molar-refractivity contribution in [2.75, 3.05) is 13.2 Å². The average Bonchev–Trinajstić information content (AvgIpc) is 2.38. The van der Waals surface area contributed by atoms with E-state index in [2.05, 4.69) is 5.32 Å². The Morgan fingerprint density at radius 1 is 1.37 bits per heavy atom. The van der Waals surface area contributed by atoms with E-state index >= 15 is 0 Å². The topological polar surface area (TPSA) is 38.3 Å². The minimum atomic E-state index is -0.916. The van der Waals surface area contributed by atoms with E-state index in [1.54, 1.807) is 6.92 Å². The van der Waals surface area contributed by atoms with Gasteiger partial charge in [-0.2, -0.15) is 0 Å². The quantitative estimate of drug-likeness (QED) is 0.775. The van der Waals surface area contributed by atoms with Crippen molar-refractivity contribution in [3.8, 4) is 0 Å². The first-order valence-corrected chi connectivity index (χ1v) is 6.43. The highest BCUT2D eigenvalue weighted by Crippen LogP contribution is 2.22. The van der Waals surface area contributed by atoms with Crippen LogP contribution in [0.5, 0.6) is 0 Å². The summed E-state index contributed by atoms with van der Waals surface area (Å²) in [6.07, 6.45) is 0.810. The number of esters is 1. The third kappa shape index (κ3) is 4.59. The van der Waals surface area contributed by atoms with E-state index in [0.29, 0.717) is 6.54 Å². The maximum atomic E-state index is 13.7. The predicted octanol–water partition coefficient (Wildman–Crippen LogP) is 2.96. The molecule has 1 aromatic rings. The molecule has 0 aliphatic rings. The molecule has 0 fully saturated rings. The van der Waals surface area contributed by atoms with Crippen molar-refractivity contribution in [1.29, 1.82) is 0 Å². The molecule has 0 aliphatic carbocycles. The van der Waals surface area contributed by atoms with Crippen LogP contribution in [0.4, 0.5) is 8.78 Å². The van der Waals surface area contributed by atoms with Crippen LogP contribution in [-0.2, 0) is 9.53 Å². The fourth-order valence-electron chi connectivity index (χ4n) is 1.79. The monoisotopic (exact) mass is 271 g/mol. The third-order valence-corrected chi connectivity index (χ3v) is 2.67. The van der Waals surface area contributed by atoms with Crippen molar-refractivity contribution < 1.29 is 18.3 Å². The average molecular weight is 271 g/mol. The minimum absolute atomic E-state index is 0.0196. The van der Waals surface area contributed by atoms with Crippen molar-refractivity contribution >= 4 is 5.97 Å². The van der Waals surface area contributed by atoms with Crippen LogP contribution in [0.3, 0.4) is 0 Å². The molecule has 0 bridgehead atoms.